The van der Waals surface area contributed by atoms with E-state index in [1.165, 1.54) is 0 Å². The molecule has 0 fully saturated rings. The van der Waals surface area contributed by atoms with Crippen LogP contribution < -0.4 is 11.5 Å². The van der Waals surface area contributed by atoms with Gasteiger partial charge in [0.05, 0.1) is 6.61 Å². The highest BCUT2D eigenvalue weighted by molar-refractivity contribution is 5.69. The van der Waals surface area contributed by atoms with Crippen molar-refractivity contribution in [1.82, 2.24) is 0 Å². The smallest absolute Gasteiger partial charge is 0.305 e. The summed E-state index contributed by atoms with van der Waals surface area (Å²) in [5.74, 6) is -0.0587. The molecule has 0 aromatic carbocycles. The SMILES string of the molecule is NCCCCCCOC(=O)CCCCCCN. The molecule has 0 radical (unpaired) electrons. The van der Waals surface area contributed by atoms with Crippen molar-refractivity contribution < 1.29 is 9.53 Å². The second kappa shape index (κ2) is 13.5. The molecule has 4 N–H and O–H groups in total. The van der Waals surface area contributed by atoms with Crippen molar-refractivity contribution in [2.24, 2.45) is 11.5 Å². The maximum atomic E-state index is 11.3. The molecule has 0 amide bonds. The van der Waals surface area contributed by atoms with Crippen molar-refractivity contribution >= 4 is 5.97 Å². The Hall–Kier alpha value is -0.610. The van der Waals surface area contributed by atoms with Crippen molar-refractivity contribution in [3.8, 4) is 0 Å². The Bertz CT molecular complexity index is 175. The maximum absolute atomic E-state index is 11.3. The Morgan fingerprint density at radius 1 is 0.765 bits per heavy atom. The molecule has 4 nitrogen and oxygen atoms in total. The van der Waals surface area contributed by atoms with Crippen LogP contribution >= 0.6 is 0 Å². The van der Waals surface area contributed by atoms with E-state index >= 15 is 0 Å². The minimum Gasteiger partial charge on any atom is -0.466 e. The lowest BCUT2D eigenvalue weighted by Crippen LogP contribution is -2.06. The predicted octanol–water partition coefficient (Wildman–Crippen LogP) is 1.96. The Morgan fingerprint density at radius 2 is 1.29 bits per heavy atom. The van der Waals surface area contributed by atoms with E-state index in [1.54, 1.807) is 0 Å². The van der Waals surface area contributed by atoms with Gasteiger partial charge in [0.15, 0.2) is 0 Å². The molecule has 0 spiro atoms. The van der Waals surface area contributed by atoms with Gasteiger partial charge in [-0.15, -0.1) is 0 Å². The number of nitrogens with two attached hydrogens (primary N) is 2. The third-order valence-electron chi connectivity index (χ3n) is 2.70. The van der Waals surface area contributed by atoms with E-state index in [-0.39, 0.29) is 5.97 Å². The maximum Gasteiger partial charge on any atom is 0.305 e. The number of hydrogen-bond donors (Lipinski definition) is 2. The monoisotopic (exact) mass is 244 g/mol. The number of ether oxygens (including phenoxy) is 1. The first-order chi connectivity index (χ1) is 8.31. The zero-order valence-electron chi connectivity index (χ0n) is 11.0. The van der Waals surface area contributed by atoms with Gasteiger partial charge in [-0.3, -0.25) is 4.79 Å². The van der Waals surface area contributed by atoms with E-state index in [9.17, 15) is 4.79 Å². The Balaban J connectivity index is 3.12. The van der Waals surface area contributed by atoms with Crippen LogP contribution in [0, 0.1) is 0 Å². The second-order valence-corrected chi connectivity index (χ2v) is 4.38. The number of hydrogen-bond acceptors (Lipinski definition) is 4. The highest BCUT2D eigenvalue weighted by Crippen LogP contribution is 2.04. The summed E-state index contributed by atoms with van der Waals surface area (Å²) in [4.78, 5) is 11.3. The lowest BCUT2D eigenvalue weighted by Gasteiger charge is -2.04. The topological polar surface area (TPSA) is 78.3 Å². The van der Waals surface area contributed by atoms with Gasteiger partial charge in [-0.1, -0.05) is 25.7 Å². The Morgan fingerprint density at radius 3 is 1.88 bits per heavy atom. The Kier molecular flexibility index (Phi) is 13.0. The van der Waals surface area contributed by atoms with Crippen molar-refractivity contribution in [2.45, 2.75) is 57.8 Å². The molecule has 0 bridgehead atoms. The normalized spacial score (nSPS) is 10.5. The quantitative estimate of drug-likeness (QED) is 0.406. The van der Waals surface area contributed by atoms with Crippen LogP contribution in [0.5, 0.6) is 0 Å². The van der Waals surface area contributed by atoms with Gasteiger partial charge in [0, 0.05) is 6.42 Å². The predicted molar refractivity (Wildman–Crippen MR) is 70.6 cm³/mol. The van der Waals surface area contributed by atoms with Gasteiger partial charge in [0.2, 0.25) is 0 Å². The van der Waals surface area contributed by atoms with Gasteiger partial charge in [-0.25, -0.2) is 0 Å². The molecular formula is C13H28N2O2. The summed E-state index contributed by atoms with van der Waals surface area (Å²) < 4.78 is 5.13. The van der Waals surface area contributed by atoms with E-state index in [4.69, 9.17) is 16.2 Å². The Labute approximate surface area is 105 Å². The van der Waals surface area contributed by atoms with Crippen molar-refractivity contribution in [2.75, 3.05) is 19.7 Å². The van der Waals surface area contributed by atoms with Crippen LogP contribution in [0.3, 0.4) is 0 Å². The molecule has 0 heterocycles. The lowest BCUT2D eigenvalue weighted by molar-refractivity contribution is -0.143. The highest BCUT2D eigenvalue weighted by atomic mass is 16.5. The molecule has 17 heavy (non-hydrogen) atoms. The number of rotatable bonds is 12. The van der Waals surface area contributed by atoms with Gasteiger partial charge in [-0.05, 0) is 38.8 Å². The van der Waals surface area contributed by atoms with Crippen molar-refractivity contribution in [3.63, 3.8) is 0 Å². The molecule has 0 rings (SSSR count). The fourth-order valence-electron chi connectivity index (χ4n) is 1.63. The molecule has 102 valence electrons. The summed E-state index contributed by atoms with van der Waals surface area (Å²) in [6.45, 7) is 2.06. The third-order valence-corrected chi connectivity index (χ3v) is 2.70. The molecule has 0 saturated heterocycles. The van der Waals surface area contributed by atoms with Crippen LogP contribution in [-0.2, 0) is 9.53 Å². The van der Waals surface area contributed by atoms with Gasteiger partial charge in [-0.2, -0.15) is 0 Å². The first-order valence-corrected chi connectivity index (χ1v) is 6.87. The number of carbonyl (C=O) groups is 1. The van der Waals surface area contributed by atoms with Gasteiger partial charge in [0.25, 0.3) is 0 Å². The molecule has 0 aliphatic heterocycles. The van der Waals surface area contributed by atoms with Crippen LogP contribution in [0.2, 0.25) is 0 Å². The standard InChI is InChI=1S/C13H28N2O2/c14-10-6-2-1-5-9-13(16)17-12-8-4-3-7-11-15/h1-12,14-15H2. The zero-order chi connectivity index (χ0) is 12.8. The van der Waals surface area contributed by atoms with Gasteiger partial charge in [0.1, 0.15) is 0 Å². The van der Waals surface area contributed by atoms with E-state index in [0.717, 1.165) is 64.5 Å². The average Bonchev–Trinajstić information content (AvgIpc) is 2.33. The van der Waals surface area contributed by atoms with E-state index in [2.05, 4.69) is 0 Å². The van der Waals surface area contributed by atoms with Crippen LogP contribution in [-0.4, -0.2) is 25.7 Å². The van der Waals surface area contributed by atoms with Crippen LogP contribution in [0.1, 0.15) is 57.8 Å². The summed E-state index contributed by atoms with van der Waals surface area (Å²) in [5.41, 5.74) is 10.8. The summed E-state index contributed by atoms with van der Waals surface area (Å²) in [6, 6.07) is 0. The summed E-state index contributed by atoms with van der Waals surface area (Å²) >= 11 is 0. The number of unbranched alkanes of at least 4 members (excludes halogenated alkanes) is 6. The molecule has 0 aromatic rings. The molecule has 0 aliphatic rings. The minimum absolute atomic E-state index is 0.0587. The molecule has 0 aliphatic carbocycles. The second-order valence-electron chi connectivity index (χ2n) is 4.38. The number of esters is 1. The van der Waals surface area contributed by atoms with Crippen LogP contribution in [0.15, 0.2) is 0 Å². The van der Waals surface area contributed by atoms with E-state index in [0.29, 0.717) is 13.0 Å². The van der Waals surface area contributed by atoms with Gasteiger partial charge < -0.3 is 16.2 Å². The molecule has 0 saturated carbocycles. The lowest BCUT2D eigenvalue weighted by atomic mass is 10.1. The first-order valence-electron chi connectivity index (χ1n) is 6.87. The molecular weight excluding hydrogens is 216 g/mol. The number of carbonyl (C=O) groups excluding carboxylic acids is 1. The van der Waals surface area contributed by atoms with Crippen molar-refractivity contribution in [3.05, 3.63) is 0 Å². The fourth-order valence-corrected chi connectivity index (χ4v) is 1.63. The summed E-state index contributed by atoms with van der Waals surface area (Å²) in [5, 5.41) is 0. The van der Waals surface area contributed by atoms with Gasteiger partial charge >= 0.3 is 5.97 Å². The molecule has 0 unspecified atom stereocenters. The highest BCUT2D eigenvalue weighted by Gasteiger charge is 2.01. The zero-order valence-corrected chi connectivity index (χ0v) is 11.0. The minimum atomic E-state index is -0.0587. The first kappa shape index (κ1) is 16.4. The van der Waals surface area contributed by atoms with E-state index < -0.39 is 0 Å². The fraction of sp³-hybridized carbons (Fsp3) is 0.923. The summed E-state index contributed by atoms with van der Waals surface area (Å²) in [6.07, 6.45) is 8.96. The van der Waals surface area contributed by atoms with Crippen molar-refractivity contribution in [1.29, 1.82) is 0 Å². The summed E-state index contributed by atoms with van der Waals surface area (Å²) in [7, 11) is 0. The van der Waals surface area contributed by atoms with Crippen LogP contribution in [0.4, 0.5) is 0 Å². The largest absolute Gasteiger partial charge is 0.466 e. The van der Waals surface area contributed by atoms with Crippen LogP contribution in [0.25, 0.3) is 0 Å². The molecule has 4 heteroatoms. The van der Waals surface area contributed by atoms with E-state index in [1.807, 2.05) is 0 Å². The molecule has 0 atom stereocenters. The molecule has 0 aromatic heterocycles. The third kappa shape index (κ3) is 13.3. The average molecular weight is 244 g/mol.